The smallest absolute Gasteiger partial charge is 0.0239 e. The van der Waals surface area contributed by atoms with Gasteiger partial charge in [-0.2, -0.15) is 0 Å². The zero-order valence-electron chi connectivity index (χ0n) is 9.82. The van der Waals surface area contributed by atoms with Crippen LogP contribution >= 0.6 is 0 Å². The number of nitrogens with zero attached hydrogens (tertiary/aromatic N) is 1. The Bertz CT molecular complexity index is 283. The van der Waals surface area contributed by atoms with Crippen LogP contribution in [0.25, 0.3) is 0 Å². The average Bonchev–Trinajstić information content (AvgIpc) is 2.25. The highest BCUT2D eigenvalue weighted by Crippen LogP contribution is 2.24. The van der Waals surface area contributed by atoms with Crippen molar-refractivity contribution >= 4 is 0 Å². The van der Waals surface area contributed by atoms with Crippen LogP contribution in [0.3, 0.4) is 0 Å². The van der Waals surface area contributed by atoms with Gasteiger partial charge in [0.2, 0.25) is 0 Å². The van der Waals surface area contributed by atoms with Crippen molar-refractivity contribution in [2.45, 2.75) is 51.7 Å². The van der Waals surface area contributed by atoms with Gasteiger partial charge < -0.3 is 0 Å². The Labute approximate surface area is 93.1 Å². The largest absolute Gasteiger partial charge is 0.294 e. The fraction of sp³-hybridized carbons (Fsp3) is 0.571. The third-order valence-electron chi connectivity index (χ3n) is 3.58. The number of hydrogen-bond donors (Lipinski definition) is 0. The van der Waals surface area contributed by atoms with Crippen LogP contribution in [0, 0.1) is 0 Å². The molecule has 2 unspecified atom stereocenters. The zero-order chi connectivity index (χ0) is 10.7. The Morgan fingerprint density at radius 2 is 1.67 bits per heavy atom. The fourth-order valence-corrected chi connectivity index (χ4v) is 2.58. The minimum Gasteiger partial charge on any atom is -0.294 e. The molecule has 1 aromatic rings. The van der Waals surface area contributed by atoms with Crippen LogP contribution in [0.2, 0.25) is 0 Å². The molecule has 15 heavy (non-hydrogen) atoms. The molecule has 1 aliphatic rings. The molecule has 0 aromatic heterocycles. The molecule has 0 N–H and O–H groups in total. The molecule has 0 bridgehead atoms. The second-order valence-electron chi connectivity index (χ2n) is 4.79. The minimum atomic E-state index is 0.744. The Morgan fingerprint density at radius 3 is 2.27 bits per heavy atom. The number of piperidine rings is 1. The molecule has 2 rings (SSSR count). The first-order chi connectivity index (χ1) is 7.27. The summed E-state index contributed by atoms with van der Waals surface area (Å²) in [7, 11) is 0. The van der Waals surface area contributed by atoms with E-state index in [0.717, 1.165) is 18.6 Å². The molecule has 0 saturated carbocycles. The molecular formula is C14H21N. The summed E-state index contributed by atoms with van der Waals surface area (Å²) in [5.41, 5.74) is 1.44. The second-order valence-corrected chi connectivity index (χ2v) is 4.79. The Morgan fingerprint density at radius 1 is 1.07 bits per heavy atom. The number of hydrogen-bond acceptors (Lipinski definition) is 1. The van der Waals surface area contributed by atoms with Gasteiger partial charge in [0.1, 0.15) is 0 Å². The minimum absolute atomic E-state index is 0.744. The van der Waals surface area contributed by atoms with Crippen molar-refractivity contribution in [3.8, 4) is 0 Å². The van der Waals surface area contributed by atoms with Crippen molar-refractivity contribution in [2.75, 3.05) is 0 Å². The van der Waals surface area contributed by atoms with Gasteiger partial charge in [-0.05, 0) is 32.3 Å². The first kappa shape index (κ1) is 10.7. The molecule has 0 aliphatic carbocycles. The van der Waals surface area contributed by atoms with E-state index in [1.165, 1.54) is 24.8 Å². The second kappa shape index (κ2) is 4.80. The number of likely N-dealkylation sites (tertiary alicyclic amines) is 1. The van der Waals surface area contributed by atoms with Crippen LogP contribution < -0.4 is 0 Å². The molecule has 0 spiro atoms. The van der Waals surface area contributed by atoms with Crippen LogP contribution in [0.5, 0.6) is 0 Å². The Balaban J connectivity index is 2.03. The SMILES string of the molecule is CC1CCCC(C)N1Cc1ccccc1. The van der Waals surface area contributed by atoms with E-state index in [9.17, 15) is 0 Å². The van der Waals surface area contributed by atoms with E-state index < -0.39 is 0 Å². The molecule has 1 fully saturated rings. The summed E-state index contributed by atoms with van der Waals surface area (Å²) >= 11 is 0. The Kier molecular flexibility index (Phi) is 3.42. The number of benzene rings is 1. The van der Waals surface area contributed by atoms with Gasteiger partial charge in [-0.1, -0.05) is 36.8 Å². The molecule has 2 atom stereocenters. The van der Waals surface area contributed by atoms with Crippen molar-refractivity contribution in [3.63, 3.8) is 0 Å². The quantitative estimate of drug-likeness (QED) is 0.711. The van der Waals surface area contributed by atoms with Crippen molar-refractivity contribution in [1.29, 1.82) is 0 Å². The van der Waals surface area contributed by atoms with E-state index in [-0.39, 0.29) is 0 Å². The van der Waals surface area contributed by atoms with Gasteiger partial charge in [-0.25, -0.2) is 0 Å². The molecule has 1 saturated heterocycles. The normalized spacial score (nSPS) is 27.9. The summed E-state index contributed by atoms with van der Waals surface area (Å²) in [6, 6.07) is 12.3. The molecule has 82 valence electrons. The maximum absolute atomic E-state index is 2.64. The molecule has 1 aliphatic heterocycles. The van der Waals surface area contributed by atoms with Crippen molar-refractivity contribution < 1.29 is 0 Å². The molecule has 0 radical (unpaired) electrons. The predicted molar refractivity (Wildman–Crippen MR) is 64.8 cm³/mol. The summed E-state index contributed by atoms with van der Waals surface area (Å²) in [6.07, 6.45) is 4.11. The Hall–Kier alpha value is -0.820. The maximum atomic E-state index is 2.64. The van der Waals surface area contributed by atoms with Gasteiger partial charge >= 0.3 is 0 Å². The van der Waals surface area contributed by atoms with Crippen LogP contribution in [-0.2, 0) is 6.54 Å². The van der Waals surface area contributed by atoms with Gasteiger partial charge in [-0.15, -0.1) is 0 Å². The van der Waals surface area contributed by atoms with Gasteiger partial charge in [0.05, 0.1) is 0 Å². The fourth-order valence-electron chi connectivity index (χ4n) is 2.58. The highest BCUT2D eigenvalue weighted by Gasteiger charge is 2.24. The third kappa shape index (κ3) is 2.60. The van der Waals surface area contributed by atoms with Gasteiger partial charge in [0.25, 0.3) is 0 Å². The van der Waals surface area contributed by atoms with Gasteiger partial charge in [-0.3, -0.25) is 4.90 Å². The van der Waals surface area contributed by atoms with Crippen LogP contribution in [0.1, 0.15) is 38.7 Å². The summed E-state index contributed by atoms with van der Waals surface area (Å²) in [5.74, 6) is 0. The molecular weight excluding hydrogens is 182 g/mol. The summed E-state index contributed by atoms with van der Waals surface area (Å²) in [5, 5.41) is 0. The third-order valence-corrected chi connectivity index (χ3v) is 3.58. The zero-order valence-corrected chi connectivity index (χ0v) is 9.82. The summed E-state index contributed by atoms with van der Waals surface area (Å²) < 4.78 is 0. The monoisotopic (exact) mass is 203 g/mol. The standard InChI is InChI=1S/C14H21N/c1-12-7-6-8-13(2)15(12)11-14-9-4-3-5-10-14/h3-5,9-10,12-13H,6-8,11H2,1-2H3. The molecule has 0 amide bonds. The van der Waals surface area contributed by atoms with Gasteiger partial charge in [0, 0.05) is 18.6 Å². The predicted octanol–water partition coefficient (Wildman–Crippen LogP) is 3.45. The van der Waals surface area contributed by atoms with E-state index in [1.807, 2.05) is 0 Å². The van der Waals surface area contributed by atoms with E-state index in [1.54, 1.807) is 0 Å². The van der Waals surface area contributed by atoms with Crippen molar-refractivity contribution in [3.05, 3.63) is 35.9 Å². The lowest BCUT2D eigenvalue weighted by molar-refractivity contribution is 0.0953. The molecule has 1 aromatic carbocycles. The highest BCUT2D eigenvalue weighted by atomic mass is 15.2. The topological polar surface area (TPSA) is 3.24 Å². The first-order valence-electron chi connectivity index (χ1n) is 6.07. The maximum Gasteiger partial charge on any atom is 0.0239 e. The summed E-state index contributed by atoms with van der Waals surface area (Å²) in [4.78, 5) is 2.64. The van der Waals surface area contributed by atoms with Gasteiger partial charge in [0.15, 0.2) is 0 Å². The van der Waals surface area contributed by atoms with E-state index in [4.69, 9.17) is 0 Å². The molecule has 1 heterocycles. The first-order valence-corrected chi connectivity index (χ1v) is 6.07. The highest BCUT2D eigenvalue weighted by molar-refractivity contribution is 5.14. The van der Waals surface area contributed by atoms with E-state index in [2.05, 4.69) is 49.1 Å². The lowest BCUT2D eigenvalue weighted by atomic mass is 9.97. The molecule has 1 nitrogen and oxygen atoms in total. The van der Waals surface area contributed by atoms with E-state index in [0.29, 0.717) is 0 Å². The summed E-state index contributed by atoms with van der Waals surface area (Å²) in [6.45, 7) is 5.83. The lowest BCUT2D eigenvalue weighted by Crippen LogP contribution is -2.42. The average molecular weight is 203 g/mol. The van der Waals surface area contributed by atoms with E-state index >= 15 is 0 Å². The van der Waals surface area contributed by atoms with Crippen LogP contribution in [0.4, 0.5) is 0 Å². The van der Waals surface area contributed by atoms with Crippen LogP contribution in [0.15, 0.2) is 30.3 Å². The molecule has 1 heteroatoms. The van der Waals surface area contributed by atoms with Crippen molar-refractivity contribution in [1.82, 2.24) is 4.90 Å². The van der Waals surface area contributed by atoms with Crippen LogP contribution in [-0.4, -0.2) is 17.0 Å². The lowest BCUT2D eigenvalue weighted by Gasteiger charge is -2.39. The number of rotatable bonds is 2. The van der Waals surface area contributed by atoms with Crippen molar-refractivity contribution in [2.24, 2.45) is 0 Å².